The van der Waals surface area contributed by atoms with Crippen molar-refractivity contribution in [2.45, 2.75) is 64.2 Å². The number of aromatic nitrogens is 2. The molecule has 1 saturated heterocycles. The Kier molecular flexibility index (Phi) is 6.97. The second-order valence-electron chi connectivity index (χ2n) is 9.24. The normalized spacial score (nSPS) is 16.8. The number of para-hydroxylation sites is 1. The molecule has 0 spiro atoms. The number of piperidine rings is 1. The molecule has 1 aromatic carbocycles. The van der Waals surface area contributed by atoms with Gasteiger partial charge in [0.25, 0.3) is 0 Å². The first-order chi connectivity index (χ1) is 15.5. The zero-order valence-corrected chi connectivity index (χ0v) is 19.9. The minimum absolute atomic E-state index is 0.158. The SMILES string of the molecule is CCCN(C)C(=O)Cc1c(C)nc(N2CCC(c3ccccc3OC)CC2)nc1C1CC1. The van der Waals surface area contributed by atoms with Crippen LogP contribution in [-0.2, 0) is 11.2 Å². The molecule has 172 valence electrons. The van der Waals surface area contributed by atoms with Gasteiger partial charge in [-0.3, -0.25) is 4.79 Å². The van der Waals surface area contributed by atoms with Crippen LogP contribution in [0.4, 0.5) is 5.95 Å². The van der Waals surface area contributed by atoms with Crippen molar-refractivity contribution in [3.05, 3.63) is 46.8 Å². The fraction of sp³-hybridized carbons (Fsp3) is 0.577. The van der Waals surface area contributed by atoms with Crippen LogP contribution in [0.1, 0.15) is 73.4 Å². The Morgan fingerprint density at radius 2 is 1.84 bits per heavy atom. The number of carbonyl (C=O) groups excluding carboxylic acids is 1. The summed E-state index contributed by atoms with van der Waals surface area (Å²) in [5.74, 6) is 2.96. The second kappa shape index (κ2) is 9.88. The van der Waals surface area contributed by atoms with E-state index >= 15 is 0 Å². The number of rotatable bonds is 8. The van der Waals surface area contributed by atoms with Gasteiger partial charge in [0.1, 0.15) is 5.75 Å². The average Bonchev–Trinajstić information content (AvgIpc) is 3.66. The lowest BCUT2D eigenvalue weighted by Gasteiger charge is -2.33. The van der Waals surface area contributed by atoms with E-state index in [0.29, 0.717) is 18.3 Å². The van der Waals surface area contributed by atoms with Crippen LogP contribution in [-0.4, -0.2) is 54.6 Å². The maximum atomic E-state index is 12.7. The van der Waals surface area contributed by atoms with E-state index in [4.69, 9.17) is 14.7 Å². The lowest BCUT2D eigenvalue weighted by molar-refractivity contribution is -0.129. The first-order valence-corrected chi connectivity index (χ1v) is 12.0. The number of anilines is 1. The molecule has 1 amide bonds. The van der Waals surface area contributed by atoms with Crippen LogP contribution in [0.5, 0.6) is 5.75 Å². The van der Waals surface area contributed by atoms with E-state index < -0.39 is 0 Å². The van der Waals surface area contributed by atoms with Crippen LogP contribution < -0.4 is 9.64 Å². The van der Waals surface area contributed by atoms with Gasteiger partial charge in [0.2, 0.25) is 11.9 Å². The number of hydrogen-bond donors (Lipinski definition) is 0. The number of amides is 1. The van der Waals surface area contributed by atoms with Crippen LogP contribution >= 0.6 is 0 Å². The number of benzene rings is 1. The summed E-state index contributed by atoms with van der Waals surface area (Å²) in [5, 5.41) is 0. The molecule has 4 rings (SSSR count). The molecule has 0 atom stereocenters. The van der Waals surface area contributed by atoms with E-state index in [1.807, 2.05) is 31.0 Å². The molecule has 32 heavy (non-hydrogen) atoms. The molecule has 1 aliphatic heterocycles. The number of methoxy groups -OCH3 is 1. The summed E-state index contributed by atoms with van der Waals surface area (Å²) in [6.45, 7) is 6.80. The molecular formula is C26H36N4O2. The number of likely N-dealkylation sites (N-methyl/N-ethyl adjacent to an activating group) is 1. The summed E-state index contributed by atoms with van der Waals surface area (Å²) < 4.78 is 5.58. The smallest absolute Gasteiger partial charge is 0.226 e. The van der Waals surface area contributed by atoms with E-state index in [9.17, 15) is 4.79 Å². The molecule has 1 saturated carbocycles. The Hall–Kier alpha value is -2.63. The predicted molar refractivity (Wildman–Crippen MR) is 128 cm³/mol. The van der Waals surface area contributed by atoms with Gasteiger partial charge in [-0.05, 0) is 56.6 Å². The fourth-order valence-electron chi connectivity index (χ4n) is 4.80. The van der Waals surface area contributed by atoms with Crippen LogP contribution in [0.15, 0.2) is 24.3 Å². The zero-order chi connectivity index (χ0) is 22.7. The summed E-state index contributed by atoms with van der Waals surface area (Å²) in [5.41, 5.74) is 4.42. The molecule has 0 bridgehead atoms. The third kappa shape index (κ3) is 4.89. The molecule has 1 aliphatic carbocycles. The predicted octanol–water partition coefficient (Wildman–Crippen LogP) is 4.47. The molecular weight excluding hydrogens is 400 g/mol. The molecule has 0 N–H and O–H groups in total. The molecule has 1 aromatic heterocycles. The third-order valence-electron chi connectivity index (χ3n) is 6.87. The van der Waals surface area contributed by atoms with Crippen molar-refractivity contribution in [3.8, 4) is 5.75 Å². The molecule has 0 unspecified atom stereocenters. The summed E-state index contributed by atoms with van der Waals surface area (Å²) in [7, 11) is 3.63. The molecule has 6 heteroatoms. The largest absolute Gasteiger partial charge is 0.496 e. The maximum Gasteiger partial charge on any atom is 0.226 e. The zero-order valence-electron chi connectivity index (χ0n) is 19.9. The van der Waals surface area contributed by atoms with Crippen LogP contribution in [0, 0.1) is 6.92 Å². The van der Waals surface area contributed by atoms with Crippen molar-refractivity contribution in [2.24, 2.45) is 0 Å². The molecule has 2 aliphatic rings. The Morgan fingerprint density at radius 3 is 2.50 bits per heavy atom. The number of ether oxygens (including phenoxy) is 1. The Labute approximate surface area is 192 Å². The average molecular weight is 437 g/mol. The number of hydrogen-bond acceptors (Lipinski definition) is 5. The lowest BCUT2D eigenvalue weighted by atomic mass is 9.89. The highest BCUT2D eigenvalue weighted by molar-refractivity contribution is 5.79. The molecule has 2 fully saturated rings. The number of carbonyl (C=O) groups is 1. The Morgan fingerprint density at radius 1 is 1.12 bits per heavy atom. The molecule has 6 nitrogen and oxygen atoms in total. The van der Waals surface area contributed by atoms with Crippen molar-refractivity contribution in [2.75, 3.05) is 38.7 Å². The maximum absolute atomic E-state index is 12.7. The highest BCUT2D eigenvalue weighted by atomic mass is 16.5. The topological polar surface area (TPSA) is 58.6 Å². The Balaban J connectivity index is 1.50. The quantitative estimate of drug-likeness (QED) is 0.611. The van der Waals surface area contributed by atoms with Gasteiger partial charge in [-0.25, -0.2) is 9.97 Å². The van der Waals surface area contributed by atoms with E-state index in [2.05, 4.69) is 24.0 Å². The lowest BCUT2D eigenvalue weighted by Crippen LogP contribution is -2.35. The summed E-state index contributed by atoms with van der Waals surface area (Å²) in [4.78, 5) is 26.8. The van der Waals surface area contributed by atoms with Crippen molar-refractivity contribution in [1.29, 1.82) is 0 Å². The van der Waals surface area contributed by atoms with Crippen LogP contribution in [0.3, 0.4) is 0 Å². The highest BCUT2D eigenvalue weighted by Crippen LogP contribution is 2.42. The van der Waals surface area contributed by atoms with Crippen molar-refractivity contribution < 1.29 is 9.53 Å². The van der Waals surface area contributed by atoms with E-state index in [1.54, 1.807) is 7.11 Å². The van der Waals surface area contributed by atoms with Gasteiger partial charge in [0.15, 0.2) is 0 Å². The van der Waals surface area contributed by atoms with Crippen molar-refractivity contribution >= 4 is 11.9 Å². The minimum atomic E-state index is 0.158. The van der Waals surface area contributed by atoms with Gasteiger partial charge in [-0.2, -0.15) is 0 Å². The summed E-state index contributed by atoms with van der Waals surface area (Å²) >= 11 is 0. The van der Waals surface area contributed by atoms with Crippen molar-refractivity contribution in [3.63, 3.8) is 0 Å². The third-order valence-corrected chi connectivity index (χ3v) is 6.87. The standard InChI is InChI=1S/C26H36N4O2/c1-5-14-29(3)24(31)17-22-18(2)27-26(28-25(22)20-10-11-20)30-15-12-19(13-16-30)21-8-6-7-9-23(21)32-4/h6-9,19-20H,5,10-17H2,1-4H3. The fourth-order valence-corrected chi connectivity index (χ4v) is 4.80. The van der Waals surface area contributed by atoms with E-state index in [1.165, 1.54) is 5.56 Å². The number of nitrogens with zero attached hydrogens (tertiary/aromatic N) is 4. The van der Waals surface area contributed by atoms with Gasteiger partial charge in [-0.1, -0.05) is 25.1 Å². The van der Waals surface area contributed by atoms with Gasteiger partial charge >= 0.3 is 0 Å². The van der Waals surface area contributed by atoms with E-state index in [-0.39, 0.29) is 5.91 Å². The van der Waals surface area contributed by atoms with Gasteiger partial charge in [0.05, 0.1) is 19.2 Å². The second-order valence-corrected chi connectivity index (χ2v) is 9.24. The molecule has 0 radical (unpaired) electrons. The highest BCUT2D eigenvalue weighted by Gasteiger charge is 2.32. The Bertz CT molecular complexity index is 949. The summed E-state index contributed by atoms with van der Waals surface area (Å²) in [6.07, 6.45) is 5.82. The molecule has 2 aromatic rings. The first kappa shape index (κ1) is 22.6. The van der Waals surface area contributed by atoms with Gasteiger partial charge in [-0.15, -0.1) is 0 Å². The summed E-state index contributed by atoms with van der Waals surface area (Å²) in [6, 6.07) is 8.36. The van der Waals surface area contributed by atoms with E-state index in [0.717, 1.165) is 80.4 Å². The minimum Gasteiger partial charge on any atom is -0.496 e. The van der Waals surface area contributed by atoms with Gasteiger partial charge < -0.3 is 14.5 Å². The number of aryl methyl sites for hydroxylation is 1. The van der Waals surface area contributed by atoms with Crippen molar-refractivity contribution in [1.82, 2.24) is 14.9 Å². The van der Waals surface area contributed by atoms with Crippen LogP contribution in [0.25, 0.3) is 0 Å². The monoisotopic (exact) mass is 436 g/mol. The van der Waals surface area contributed by atoms with Gasteiger partial charge in [0, 0.05) is 43.9 Å². The molecule has 2 heterocycles. The first-order valence-electron chi connectivity index (χ1n) is 12.0. The van der Waals surface area contributed by atoms with Crippen LogP contribution in [0.2, 0.25) is 0 Å².